The van der Waals surface area contributed by atoms with E-state index in [-0.39, 0.29) is 0 Å². The van der Waals surface area contributed by atoms with Crippen molar-refractivity contribution in [2.45, 2.75) is 25.9 Å². The Bertz CT molecular complexity index is 974. The molecule has 10 nitrogen and oxygen atoms in total. The maximum atomic E-state index is 11.7. The van der Waals surface area contributed by atoms with Gasteiger partial charge in [-0.15, -0.1) is 0 Å². The number of imide groups is 1. The number of carboxylic acid groups (broad SMARTS) is 1. The summed E-state index contributed by atoms with van der Waals surface area (Å²) in [5.41, 5.74) is 2.91. The molecule has 1 aliphatic heterocycles. The van der Waals surface area contributed by atoms with Crippen LogP contribution in [0.5, 0.6) is 0 Å². The van der Waals surface area contributed by atoms with E-state index >= 15 is 0 Å². The third kappa shape index (κ3) is 4.34. The maximum Gasteiger partial charge on any atom is 0.322 e. The van der Waals surface area contributed by atoms with Crippen molar-refractivity contribution >= 4 is 34.9 Å². The molecular formula is C18H20N4O6. The van der Waals surface area contributed by atoms with Crippen molar-refractivity contribution in [3.05, 3.63) is 51.7 Å². The molecule has 2 unspecified atom stereocenters. The van der Waals surface area contributed by atoms with Gasteiger partial charge in [-0.05, 0) is 13.0 Å². The molecule has 148 valence electrons. The van der Waals surface area contributed by atoms with E-state index in [0.29, 0.717) is 0 Å². The van der Waals surface area contributed by atoms with Gasteiger partial charge in [-0.2, -0.15) is 0 Å². The van der Waals surface area contributed by atoms with Gasteiger partial charge >= 0.3 is 18.0 Å². The van der Waals surface area contributed by atoms with Crippen LogP contribution >= 0.6 is 0 Å². The number of aliphatic carboxylic acids is 1. The van der Waals surface area contributed by atoms with E-state index in [0.717, 1.165) is 29.1 Å². The van der Waals surface area contributed by atoms with Gasteiger partial charge in [0.15, 0.2) is 0 Å². The Hall–Kier alpha value is -3.69. The van der Waals surface area contributed by atoms with E-state index in [2.05, 4.69) is 5.32 Å². The Morgan fingerprint density at radius 1 is 1.32 bits per heavy atom. The first-order valence-electron chi connectivity index (χ1n) is 8.30. The standard InChI is InChI=1S/C16H16N4O4.C2H4O2/c1-9-10(11-5-3-4-6-13(11)19(9)2)7-8-12-14(20(23)24)15(21)18-16(22)17-12;1-2(3)4/h3-8,12,14H,1-2H3,(H2,17,18,21,22);1H3,(H,3,4)/b8-7+;. The van der Waals surface area contributed by atoms with E-state index < -0.39 is 34.9 Å². The first-order valence-corrected chi connectivity index (χ1v) is 8.30. The molecule has 3 rings (SSSR count). The van der Waals surface area contributed by atoms with Crippen LogP contribution in [-0.4, -0.2) is 44.6 Å². The van der Waals surface area contributed by atoms with Gasteiger partial charge < -0.3 is 15.0 Å². The molecule has 3 amide bonds. The van der Waals surface area contributed by atoms with E-state index in [1.807, 2.05) is 48.1 Å². The highest BCUT2D eigenvalue weighted by atomic mass is 16.6. The van der Waals surface area contributed by atoms with Gasteiger partial charge in [0.2, 0.25) is 0 Å². The van der Waals surface area contributed by atoms with Crippen molar-refractivity contribution in [3.63, 3.8) is 0 Å². The Morgan fingerprint density at radius 2 is 1.93 bits per heavy atom. The number of carbonyl (C=O) groups is 3. The zero-order valence-corrected chi connectivity index (χ0v) is 15.5. The zero-order valence-electron chi connectivity index (χ0n) is 15.5. The number of para-hydroxylation sites is 1. The number of aryl methyl sites for hydroxylation is 1. The number of nitrogens with zero attached hydrogens (tertiary/aromatic N) is 2. The maximum absolute atomic E-state index is 11.7. The molecule has 1 aromatic heterocycles. The lowest BCUT2D eigenvalue weighted by molar-refractivity contribution is -0.510. The molecule has 0 spiro atoms. The van der Waals surface area contributed by atoms with Crippen molar-refractivity contribution < 1.29 is 24.4 Å². The summed E-state index contributed by atoms with van der Waals surface area (Å²) in [7, 11) is 1.94. The van der Waals surface area contributed by atoms with Gasteiger partial charge in [-0.25, -0.2) is 4.79 Å². The van der Waals surface area contributed by atoms with Crippen molar-refractivity contribution in [1.29, 1.82) is 0 Å². The van der Waals surface area contributed by atoms with Crippen molar-refractivity contribution in [2.75, 3.05) is 0 Å². The zero-order chi connectivity index (χ0) is 21.0. The van der Waals surface area contributed by atoms with Crippen LogP contribution in [0.15, 0.2) is 30.3 Å². The van der Waals surface area contributed by atoms with Crippen LogP contribution in [-0.2, 0) is 16.6 Å². The highest BCUT2D eigenvalue weighted by Gasteiger charge is 2.43. The SMILES string of the molecule is CC(=O)O.Cc1c(/C=C/C2NC(=O)NC(=O)C2[N+](=O)[O-])c2ccccc2n1C. The van der Waals surface area contributed by atoms with E-state index in [1.165, 1.54) is 6.08 Å². The summed E-state index contributed by atoms with van der Waals surface area (Å²) in [6, 6.07) is 4.50. The Morgan fingerprint density at radius 3 is 2.54 bits per heavy atom. The largest absolute Gasteiger partial charge is 0.481 e. The number of urea groups is 1. The average Bonchev–Trinajstić information content (AvgIpc) is 2.83. The third-order valence-corrected chi connectivity index (χ3v) is 4.29. The molecule has 0 bridgehead atoms. The number of fused-ring (bicyclic) bond motifs is 1. The number of carboxylic acids is 1. The fraction of sp³-hybridized carbons (Fsp3) is 0.278. The van der Waals surface area contributed by atoms with Crippen LogP contribution in [0.25, 0.3) is 17.0 Å². The summed E-state index contributed by atoms with van der Waals surface area (Å²) < 4.78 is 2.02. The van der Waals surface area contributed by atoms with Crippen LogP contribution in [0.4, 0.5) is 4.79 Å². The summed E-state index contributed by atoms with van der Waals surface area (Å²) in [6.45, 7) is 3.02. The predicted molar refractivity (Wildman–Crippen MR) is 101 cm³/mol. The highest BCUT2D eigenvalue weighted by molar-refractivity contribution is 6.00. The van der Waals surface area contributed by atoms with Gasteiger partial charge in [0.25, 0.3) is 5.97 Å². The van der Waals surface area contributed by atoms with Crippen molar-refractivity contribution in [2.24, 2.45) is 7.05 Å². The number of nitrogens with one attached hydrogen (secondary N) is 2. The van der Waals surface area contributed by atoms with Crippen LogP contribution in [0.2, 0.25) is 0 Å². The summed E-state index contributed by atoms with van der Waals surface area (Å²) in [6.07, 6.45) is 3.22. The molecule has 2 heterocycles. The lowest BCUT2D eigenvalue weighted by atomic mass is 10.0. The smallest absolute Gasteiger partial charge is 0.322 e. The molecule has 1 aromatic carbocycles. The number of hydrogen-bond donors (Lipinski definition) is 3. The molecule has 1 aliphatic rings. The van der Waals surface area contributed by atoms with Crippen LogP contribution < -0.4 is 10.6 Å². The van der Waals surface area contributed by atoms with Crippen LogP contribution in [0.1, 0.15) is 18.2 Å². The minimum Gasteiger partial charge on any atom is -0.481 e. The molecule has 2 atom stereocenters. The molecule has 28 heavy (non-hydrogen) atoms. The fourth-order valence-corrected chi connectivity index (χ4v) is 2.96. The number of hydrogen-bond acceptors (Lipinski definition) is 5. The normalized spacial score (nSPS) is 19.0. The molecule has 10 heteroatoms. The number of carbonyl (C=O) groups excluding carboxylic acids is 2. The lowest BCUT2D eigenvalue weighted by Gasteiger charge is -2.23. The monoisotopic (exact) mass is 388 g/mol. The van der Waals surface area contributed by atoms with Crippen LogP contribution in [0.3, 0.4) is 0 Å². The Labute approximate surface area is 160 Å². The summed E-state index contributed by atoms with van der Waals surface area (Å²) in [5.74, 6) is -1.74. The highest BCUT2D eigenvalue weighted by Crippen LogP contribution is 2.26. The van der Waals surface area contributed by atoms with Crippen molar-refractivity contribution in [3.8, 4) is 0 Å². The molecule has 0 saturated carbocycles. The van der Waals surface area contributed by atoms with Gasteiger partial charge in [0.1, 0.15) is 6.04 Å². The molecule has 1 fully saturated rings. The first kappa shape index (κ1) is 20.6. The summed E-state index contributed by atoms with van der Waals surface area (Å²) >= 11 is 0. The summed E-state index contributed by atoms with van der Waals surface area (Å²) in [5, 5.41) is 23.9. The molecule has 2 aromatic rings. The second kappa shape index (κ2) is 8.33. The summed E-state index contributed by atoms with van der Waals surface area (Å²) in [4.78, 5) is 42.6. The Kier molecular flexibility index (Phi) is 6.14. The van der Waals surface area contributed by atoms with Gasteiger partial charge in [0, 0.05) is 41.1 Å². The molecule has 0 aliphatic carbocycles. The molecule has 0 radical (unpaired) electrons. The average molecular weight is 388 g/mol. The molecule has 3 N–H and O–H groups in total. The van der Waals surface area contributed by atoms with Gasteiger partial charge in [-0.3, -0.25) is 25.0 Å². The van der Waals surface area contributed by atoms with E-state index in [1.54, 1.807) is 6.08 Å². The number of nitro groups is 1. The van der Waals surface area contributed by atoms with Gasteiger partial charge in [-0.1, -0.05) is 30.4 Å². The number of rotatable bonds is 3. The quantitative estimate of drug-likeness (QED) is 0.536. The topological polar surface area (TPSA) is 144 Å². The second-order valence-electron chi connectivity index (χ2n) is 6.17. The third-order valence-electron chi connectivity index (χ3n) is 4.29. The minimum absolute atomic E-state index is 0.695. The molecule has 1 saturated heterocycles. The number of amides is 3. The lowest BCUT2D eigenvalue weighted by Crippen LogP contribution is -2.62. The van der Waals surface area contributed by atoms with E-state index in [4.69, 9.17) is 9.90 Å². The second-order valence-corrected chi connectivity index (χ2v) is 6.17. The molecular weight excluding hydrogens is 368 g/mol. The van der Waals surface area contributed by atoms with Crippen molar-refractivity contribution in [1.82, 2.24) is 15.2 Å². The van der Waals surface area contributed by atoms with Gasteiger partial charge in [0.05, 0.1) is 0 Å². The van der Waals surface area contributed by atoms with E-state index in [9.17, 15) is 19.7 Å². The van der Waals surface area contributed by atoms with Crippen LogP contribution in [0, 0.1) is 17.0 Å². The minimum atomic E-state index is -1.55. The number of benzene rings is 1. The number of aromatic nitrogens is 1. The fourth-order valence-electron chi connectivity index (χ4n) is 2.96. The first-order chi connectivity index (χ1) is 13.1. The predicted octanol–water partition coefficient (Wildman–Crippen LogP) is 1.44. The Balaban J connectivity index is 0.000000640.